The highest BCUT2D eigenvalue weighted by Gasteiger charge is 2.51. The van der Waals surface area contributed by atoms with Gasteiger partial charge in [-0.15, -0.1) is 0 Å². The highest BCUT2D eigenvalue weighted by Crippen LogP contribution is 2.63. The molecule has 1 heterocycles. The van der Waals surface area contributed by atoms with Crippen molar-refractivity contribution in [3.05, 3.63) is 215 Å². The van der Waals surface area contributed by atoms with Gasteiger partial charge in [0.2, 0.25) is 0 Å². The van der Waals surface area contributed by atoms with E-state index in [2.05, 4.69) is 233 Å². The molecule has 0 saturated heterocycles. The van der Waals surface area contributed by atoms with Crippen LogP contribution in [0.5, 0.6) is 0 Å². The third-order valence-corrected chi connectivity index (χ3v) is 13.1. The molecule has 1 spiro atoms. The number of rotatable bonds is 4. The summed E-state index contributed by atoms with van der Waals surface area (Å²) in [4.78, 5) is 2.42. The van der Waals surface area contributed by atoms with Gasteiger partial charge in [0, 0.05) is 33.5 Å². The van der Waals surface area contributed by atoms with E-state index in [9.17, 15) is 0 Å². The van der Waals surface area contributed by atoms with Crippen LogP contribution in [0.3, 0.4) is 0 Å². The number of hydrogen-bond donors (Lipinski definition) is 0. The Labute approximate surface area is 348 Å². The number of fused-ring (bicyclic) bond motifs is 13. The van der Waals surface area contributed by atoms with Gasteiger partial charge in [-0.2, -0.15) is 0 Å². The van der Waals surface area contributed by atoms with E-state index in [1.807, 2.05) is 0 Å². The third-order valence-electron chi connectivity index (χ3n) is 13.1. The Morgan fingerprint density at radius 3 is 1.29 bits per heavy atom. The van der Waals surface area contributed by atoms with Gasteiger partial charge < -0.3 is 9.47 Å². The Bertz CT molecular complexity index is 2980. The first-order valence-electron chi connectivity index (χ1n) is 21.0. The third kappa shape index (κ3) is 5.18. The zero-order valence-electron chi connectivity index (χ0n) is 34.7. The van der Waals surface area contributed by atoms with Crippen LogP contribution in [0.25, 0.3) is 49.7 Å². The lowest BCUT2D eigenvalue weighted by Crippen LogP contribution is -2.26. The summed E-state index contributed by atoms with van der Waals surface area (Å²) in [7, 11) is 0. The van der Waals surface area contributed by atoms with Crippen molar-refractivity contribution in [3.63, 3.8) is 0 Å². The molecular weight excluding hydrogens is 713 g/mol. The maximum atomic E-state index is 2.47. The van der Waals surface area contributed by atoms with Crippen LogP contribution in [0, 0.1) is 0 Å². The standard InChI is InChI=1S/C57H48N2/c1-55(2,3)37-24-32-53-47(34-37)48-35-38(56(4,5)6)25-33-54(48)59(53)41-28-26-40(27-29-41)58(39-16-8-7-9-17-39)42-30-31-46-45-20-12-15-23-51(45)57(52(46)36-42)49-21-13-10-18-43(49)44-19-11-14-22-50(44)57/h7-36H,1-6H3. The van der Waals surface area contributed by atoms with Crippen molar-refractivity contribution >= 4 is 38.9 Å². The van der Waals surface area contributed by atoms with Gasteiger partial charge in [-0.3, -0.25) is 0 Å². The average molecular weight is 761 g/mol. The average Bonchev–Trinajstić information content (AvgIpc) is 3.85. The molecule has 2 aliphatic carbocycles. The van der Waals surface area contributed by atoms with E-state index < -0.39 is 5.41 Å². The molecule has 8 aromatic carbocycles. The molecule has 0 atom stereocenters. The highest BCUT2D eigenvalue weighted by atomic mass is 15.1. The molecule has 0 bridgehead atoms. The van der Waals surface area contributed by atoms with Crippen LogP contribution in [0.1, 0.15) is 74.9 Å². The quantitative estimate of drug-likeness (QED) is 0.173. The van der Waals surface area contributed by atoms with Gasteiger partial charge in [-0.1, -0.05) is 151 Å². The Morgan fingerprint density at radius 1 is 0.373 bits per heavy atom. The molecular formula is C57H48N2. The zero-order chi connectivity index (χ0) is 40.3. The topological polar surface area (TPSA) is 8.17 Å². The number of para-hydroxylation sites is 1. The molecule has 2 aliphatic rings. The second-order valence-corrected chi connectivity index (χ2v) is 18.6. The van der Waals surface area contributed by atoms with E-state index in [0.717, 1.165) is 22.7 Å². The highest BCUT2D eigenvalue weighted by molar-refractivity contribution is 6.10. The minimum absolute atomic E-state index is 0.0529. The first-order chi connectivity index (χ1) is 28.5. The number of aromatic nitrogens is 1. The number of anilines is 3. The summed E-state index contributed by atoms with van der Waals surface area (Å²) in [5, 5.41) is 2.60. The normalized spacial score (nSPS) is 13.7. The second kappa shape index (κ2) is 12.7. The first-order valence-corrected chi connectivity index (χ1v) is 21.0. The monoisotopic (exact) mass is 760 g/mol. The SMILES string of the molecule is CC(C)(C)c1ccc2c(c1)c1cc(C(C)(C)C)ccc1n2-c1ccc(N(c2ccccc2)c2ccc3c(c2)C2(c4ccccc4-c4ccccc42)c2ccccc2-3)cc1. The summed E-state index contributed by atoms with van der Waals surface area (Å²) >= 11 is 0. The largest absolute Gasteiger partial charge is 0.310 e. The molecule has 0 fully saturated rings. The molecule has 0 N–H and O–H groups in total. The second-order valence-electron chi connectivity index (χ2n) is 18.6. The Balaban J connectivity index is 1.09. The number of benzene rings is 8. The predicted octanol–water partition coefficient (Wildman–Crippen LogP) is 15.2. The van der Waals surface area contributed by atoms with Crippen LogP contribution in [0.2, 0.25) is 0 Å². The van der Waals surface area contributed by atoms with Crippen molar-refractivity contribution < 1.29 is 0 Å². The van der Waals surface area contributed by atoms with Gasteiger partial charge in [-0.25, -0.2) is 0 Å². The van der Waals surface area contributed by atoms with Gasteiger partial charge >= 0.3 is 0 Å². The zero-order valence-corrected chi connectivity index (χ0v) is 34.7. The molecule has 11 rings (SSSR count). The van der Waals surface area contributed by atoms with Crippen LogP contribution in [0.15, 0.2) is 182 Å². The molecule has 0 amide bonds. The minimum atomic E-state index is -0.405. The fourth-order valence-electron chi connectivity index (χ4n) is 10.2. The van der Waals surface area contributed by atoms with E-state index >= 15 is 0 Å². The molecule has 286 valence electrons. The van der Waals surface area contributed by atoms with Crippen LogP contribution < -0.4 is 4.90 Å². The molecule has 0 aliphatic heterocycles. The number of hydrogen-bond acceptors (Lipinski definition) is 1. The van der Waals surface area contributed by atoms with Gasteiger partial charge in [0.25, 0.3) is 0 Å². The Hall–Kier alpha value is -6.64. The molecule has 0 saturated carbocycles. The summed E-state index contributed by atoms with van der Waals surface area (Å²) < 4.78 is 2.45. The van der Waals surface area contributed by atoms with Crippen molar-refractivity contribution in [2.24, 2.45) is 0 Å². The lowest BCUT2D eigenvalue weighted by molar-refractivity contribution is 0.590. The van der Waals surface area contributed by atoms with E-state index in [1.165, 1.54) is 77.4 Å². The van der Waals surface area contributed by atoms with Gasteiger partial charge in [0.1, 0.15) is 0 Å². The fourth-order valence-corrected chi connectivity index (χ4v) is 10.2. The van der Waals surface area contributed by atoms with Crippen molar-refractivity contribution in [2.45, 2.75) is 57.8 Å². The summed E-state index contributed by atoms with van der Waals surface area (Å²) in [6, 6.07) is 68.4. The lowest BCUT2D eigenvalue weighted by Gasteiger charge is -2.32. The molecule has 9 aromatic rings. The van der Waals surface area contributed by atoms with Crippen molar-refractivity contribution in [1.29, 1.82) is 0 Å². The van der Waals surface area contributed by atoms with Crippen LogP contribution in [0.4, 0.5) is 17.1 Å². The van der Waals surface area contributed by atoms with Gasteiger partial charge in [0.05, 0.1) is 16.4 Å². The maximum absolute atomic E-state index is 2.47. The van der Waals surface area contributed by atoms with Crippen molar-refractivity contribution in [1.82, 2.24) is 4.57 Å². The Kier molecular flexibility index (Phi) is 7.63. The van der Waals surface area contributed by atoms with Crippen molar-refractivity contribution in [3.8, 4) is 27.9 Å². The van der Waals surface area contributed by atoms with Crippen LogP contribution in [-0.4, -0.2) is 4.57 Å². The lowest BCUT2D eigenvalue weighted by atomic mass is 9.70. The summed E-state index contributed by atoms with van der Waals surface area (Å²) in [5.74, 6) is 0. The molecule has 0 radical (unpaired) electrons. The van der Waals surface area contributed by atoms with E-state index in [0.29, 0.717) is 0 Å². The van der Waals surface area contributed by atoms with E-state index in [4.69, 9.17) is 0 Å². The predicted molar refractivity (Wildman–Crippen MR) is 249 cm³/mol. The summed E-state index contributed by atoms with van der Waals surface area (Å²) in [5.41, 5.74) is 20.0. The summed E-state index contributed by atoms with van der Waals surface area (Å²) in [6.07, 6.45) is 0. The van der Waals surface area contributed by atoms with E-state index in [1.54, 1.807) is 0 Å². The van der Waals surface area contributed by atoms with E-state index in [-0.39, 0.29) is 10.8 Å². The Morgan fingerprint density at radius 2 is 0.797 bits per heavy atom. The molecule has 1 aromatic heterocycles. The molecule has 59 heavy (non-hydrogen) atoms. The van der Waals surface area contributed by atoms with Crippen molar-refractivity contribution in [2.75, 3.05) is 4.90 Å². The smallest absolute Gasteiger partial charge is 0.0726 e. The van der Waals surface area contributed by atoms with Gasteiger partial charge in [0.15, 0.2) is 0 Å². The maximum Gasteiger partial charge on any atom is 0.0726 e. The summed E-state index contributed by atoms with van der Waals surface area (Å²) in [6.45, 7) is 13.8. The molecule has 2 heteroatoms. The number of nitrogens with zero attached hydrogens (tertiary/aromatic N) is 2. The fraction of sp³-hybridized carbons (Fsp3) is 0.158. The van der Waals surface area contributed by atoms with Crippen LogP contribution >= 0.6 is 0 Å². The van der Waals surface area contributed by atoms with Gasteiger partial charge in [-0.05, 0) is 139 Å². The molecule has 2 nitrogen and oxygen atoms in total. The minimum Gasteiger partial charge on any atom is -0.310 e. The molecule has 0 unspecified atom stereocenters. The van der Waals surface area contributed by atoms with Crippen LogP contribution in [-0.2, 0) is 16.2 Å². The first kappa shape index (κ1) is 35.5.